The van der Waals surface area contributed by atoms with Gasteiger partial charge in [0, 0.05) is 6.08 Å². The van der Waals surface area contributed by atoms with Gasteiger partial charge in [0.2, 0.25) is 0 Å². The number of rotatable bonds is 5. The van der Waals surface area contributed by atoms with Gasteiger partial charge in [0.15, 0.2) is 5.17 Å². The number of hydrogen-bond donors (Lipinski definition) is 0. The van der Waals surface area contributed by atoms with Crippen LogP contribution in [-0.2, 0) is 4.79 Å². The van der Waals surface area contributed by atoms with Gasteiger partial charge in [-0.3, -0.25) is 19.8 Å². The molecule has 4 rings (SSSR count). The number of amidine groups is 1. The molecule has 0 spiro atoms. The Labute approximate surface area is 176 Å². The third-order valence-electron chi connectivity index (χ3n) is 4.55. The first kappa shape index (κ1) is 19.7. The van der Waals surface area contributed by atoms with E-state index in [2.05, 4.69) is 4.99 Å². The van der Waals surface area contributed by atoms with Crippen LogP contribution >= 0.6 is 11.8 Å². The number of aliphatic imine (C=N–C) groups is 1. The number of thioether (sulfide) groups is 1. The van der Waals surface area contributed by atoms with Crippen LogP contribution in [0.2, 0.25) is 0 Å². The van der Waals surface area contributed by atoms with Crippen molar-refractivity contribution in [3.05, 3.63) is 99.1 Å². The summed E-state index contributed by atoms with van der Waals surface area (Å²) in [6.07, 6.45) is 1.51. The molecule has 8 heteroatoms. The minimum atomic E-state index is -0.613. The maximum Gasteiger partial charge on any atom is 0.433 e. The molecule has 7 nitrogen and oxygen atoms in total. The third kappa shape index (κ3) is 4.04. The molecule has 2 aromatic carbocycles. The van der Waals surface area contributed by atoms with E-state index in [1.165, 1.54) is 30.0 Å². The van der Waals surface area contributed by atoms with Crippen molar-refractivity contribution in [3.8, 4) is 0 Å². The summed E-state index contributed by atoms with van der Waals surface area (Å²) in [6.45, 7) is 1.94. The van der Waals surface area contributed by atoms with Crippen LogP contribution in [0.3, 0.4) is 0 Å². The Hall–Kier alpha value is -3.65. The smallest absolute Gasteiger partial charge is 0.401 e. The number of para-hydroxylation sites is 1. The molecule has 0 radical (unpaired) electrons. The van der Waals surface area contributed by atoms with Gasteiger partial charge in [0.25, 0.3) is 5.91 Å². The average molecular weight is 419 g/mol. The molecule has 1 saturated heterocycles. The van der Waals surface area contributed by atoms with Crippen molar-refractivity contribution in [2.45, 2.75) is 13.0 Å². The van der Waals surface area contributed by atoms with Crippen LogP contribution in [0, 0.1) is 10.1 Å². The van der Waals surface area contributed by atoms with Gasteiger partial charge in [0.1, 0.15) is 10.7 Å². The Kier molecular flexibility index (Phi) is 5.49. The van der Waals surface area contributed by atoms with Crippen molar-refractivity contribution in [2.75, 3.05) is 0 Å². The number of benzene rings is 2. The molecule has 150 valence electrons. The molecule has 1 aromatic heterocycles. The standard InChI is InChI=1S/C22H17N3O4S/c1-15(16-8-4-2-5-9-16)24-21(26)19(14-18-12-13-20(29-18)25(27)28)30-22(24)23-17-10-6-3-7-11-17/h2-15H,1H3/b19-14+,23-22?/t15-/m0/s1. The summed E-state index contributed by atoms with van der Waals surface area (Å²) in [5, 5.41) is 11.4. The normalized spacial score (nSPS) is 17.6. The van der Waals surface area contributed by atoms with Crippen molar-refractivity contribution in [3.63, 3.8) is 0 Å². The second-order valence-corrected chi connectivity index (χ2v) is 7.54. The summed E-state index contributed by atoms with van der Waals surface area (Å²) in [7, 11) is 0. The monoisotopic (exact) mass is 419 g/mol. The minimum Gasteiger partial charge on any atom is -0.401 e. The molecule has 1 amide bonds. The van der Waals surface area contributed by atoms with Crippen molar-refractivity contribution in [2.24, 2.45) is 4.99 Å². The Bertz CT molecular complexity index is 1140. The zero-order valence-corrected chi connectivity index (χ0v) is 16.8. The first-order valence-electron chi connectivity index (χ1n) is 9.19. The summed E-state index contributed by atoms with van der Waals surface area (Å²) >= 11 is 1.21. The van der Waals surface area contributed by atoms with E-state index in [1.54, 1.807) is 4.90 Å². The van der Waals surface area contributed by atoms with Crippen molar-refractivity contribution >= 4 is 40.5 Å². The fourth-order valence-corrected chi connectivity index (χ4v) is 4.09. The minimum absolute atomic E-state index is 0.231. The zero-order valence-electron chi connectivity index (χ0n) is 16.0. The molecule has 0 saturated carbocycles. The van der Waals surface area contributed by atoms with Crippen LogP contribution in [0.25, 0.3) is 6.08 Å². The van der Waals surface area contributed by atoms with Crippen LogP contribution in [0.4, 0.5) is 11.6 Å². The first-order valence-corrected chi connectivity index (χ1v) is 10.0. The summed E-state index contributed by atoms with van der Waals surface area (Å²) in [6, 6.07) is 21.6. The molecule has 30 heavy (non-hydrogen) atoms. The molecule has 1 atom stereocenters. The van der Waals surface area contributed by atoms with E-state index in [-0.39, 0.29) is 23.6 Å². The van der Waals surface area contributed by atoms with Crippen molar-refractivity contribution in [1.29, 1.82) is 0 Å². The highest BCUT2D eigenvalue weighted by Crippen LogP contribution is 2.39. The average Bonchev–Trinajstić information content (AvgIpc) is 3.34. The molecule has 0 N–H and O–H groups in total. The van der Waals surface area contributed by atoms with E-state index in [4.69, 9.17) is 4.42 Å². The van der Waals surface area contributed by atoms with Gasteiger partial charge < -0.3 is 4.42 Å². The second-order valence-electron chi connectivity index (χ2n) is 6.54. The lowest BCUT2D eigenvalue weighted by atomic mass is 10.1. The summed E-state index contributed by atoms with van der Waals surface area (Å²) in [5.74, 6) is -0.360. The Morgan fingerprint density at radius 2 is 1.73 bits per heavy atom. The lowest BCUT2D eigenvalue weighted by Crippen LogP contribution is -2.32. The zero-order chi connectivity index (χ0) is 21.1. The maximum atomic E-state index is 13.2. The Morgan fingerprint density at radius 1 is 1.07 bits per heavy atom. The van der Waals surface area contributed by atoms with E-state index in [1.807, 2.05) is 67.6 Å². The SMILES string of the molecule is C[C@@H](c1ccccc1)N1C(=O)/C(=C\c2ccc([N+](=O)[O-])o2)SC1=Nc1ccccc1. The Balaban J connectivity index is 1.73. The molecule has 2 heterocycles. The summed E-state index contributed by atoms with van der Waals surface area (Å²) in [4.78, 5) is 30.2. The van der Waals surface area contributed by atoms with Crippen LogP contribution in [-0.4, -0.2) is 20.9 Å². The summed E-state index contributed by atoms with van der Waals surface area (Å²) in [5.41, 5.74) is 1.70. The highest BCUT2D eigenvalue weighted by atomic mass is 32.2. The maximum absolute atomic E-state index is 13.2. The molecule has 1 aliphatic heterocycles. The highest BCUT2D eigenvalue weighted by Gasteiger charge is 2.37. The van der Waals surface area contributed by atoms with Crippen molar-refractivity contribution < 1.29 is 14.1 Å². The first-order chi connectivity index (χ1) is 14.5. The summed E-state index contributed by atoms with van der Waals surface area (Å²) < 4.78 is 5.19. The van der Waals surface area contributed by atoms with Crippen LogP contribution in [0.5, 0.6) is 0 Å². The van der Waals surface area contributed by atoms with Gasteiger partial charge in [-0.25, -0.2) is 4.99 Å². The molecule has 1 aliphatic rings. The number of carbonyl (C=O) groups excluding carboxylic acids is 1. The lowest BCUT2D eigenvalue weighted by molar-refractivity contribution is -0.402. The predicted molar refractivity (Wildman–Crippen MR) is 116 cm³/mol. The molecule has 0 bridgehead atoms. The number of carbonyl (C=O) groups is 1. The molecule has 3 aromatic rings. The number of nitrogens with zero attached hydrogens (tertiary/aromatic N) is 3. The van der Waals surface area contributed by atoms with E-state index < -0.39 is 4.92 Å². The van der Waals surface area contributed by atoms with E-state index in [0.717, 1.165) is 11.3 Å². The second kappa shape index (κ2) is 8.38. The molecular weight excluding hydrogens is 402 g/mol. The molecular formula is C22H17N3O4S. The van der Waals surface area contributed by atoms with Gasteiger partial charge >= 0.3 is 5.88 Å². The third-order valence-corrected chi connectivity index (χ3v) is 5.54. The number of hydrogen-bond acceptors (Lipinski definition) is 6. The van der Waals surface area contributed by atoms with Gasteiger partial charge in [-0.15, -0.1) is 0 Å². The van der Waals surface area contributed by atoms with Gasteiger partial charge in [0.05, 0.1) is 22.7 Å². The largest absolute Gasteiger partial charge is 0.433 e. The van der Waals surface area contributed by atoms with Crippen LogP contribution in [0.15, 0.2) is 87.1 Å². The predicted octanol–water partition coefficient (Wildman–Crippen LogP) is 5.55. The van der Waals surface area contributed by atoms with E-state index in [9.17, 15) is 14.9 Å². The number of nitro groups is 1. The quantitative estimate of drug-likeness (QED) is 0.307. The lowest BCUT2D eigenvalue weighted by Gasteiger charge is -2.24. The topological polar surface area (TPSA) is 89.0 Å². The van der Waals surface area contributed by atoms with Crippen LogP contribution < -0.4 is 0 Å². The van der Waals surface area contributed by atoms with Gasteiger partial charge in [-0.05, 0) is 42.4 Å². The van der Waals surface area contributed by atoms with Gasteiger partial charge in [-0.2, -0.15) is 0 Å². The Morgan fingerprint density at radius 3 is 2.37 bits per heavy atom. The molecule has 1 fully saturated rings. The fraction of sp³-hybridized carbons (Fsp3) is 0.0909. The van der Waals surface area contributed by atoms with E-state index >= 15 is 0 Å². The molecule has 0 aliphatic carbocycles. The highest BCUT2D eigenvalue weighted by molar-refractivity contribution is 8.18. The molecule has 0 unspecified atom stereocenters. The van der Waals surface area contributed by atoms with Crippen LogP contribution in [0.1, 0.15) is 24.3 Å². The number of amides is 1. The number of furan rings is 1. The fourth-order valence-electron chi connectivity index (χ4n) is 3.05. The van der Waals surface area contributed by atoms with Crippen molar-refractivity contribution in [1.82, 2.24) is 4.90 Å². The van der Waals surface area contributed by atoms with Gasteiger partial charge in [-0.1, -0.05) is 48.5 Å². The van der Waals surface area contributed by atoms with E-state index in [0.29, 0.717) is 10.1 Å².